The molecule has 1 aliphatic rings. The maximum absolute atomic E-state index is 4.22. The first-order chi connectivity index (χ1) is 6.83. The SMILES string of the molecule is CNc1nnc([C@@H]2CCCNC2)n1C. The highest BCUT2D eigenvalue weighted by atomic mass is 15.3. The molecular formula is C9H17N5. The minimum Gasteiger partial charge on any atom is -0.357 e. The van der Waals surface area contributed by atoms with E-state index < -0.39 is 0 Å². The number of hydrogen-bond acceptors (Lipinski definition) is 4. The van der Waals surface area contributed by atoms with Crippen molar-refractivity contribution in [2.75, 3.05) is 25.5 Å². The normalized spacial score (nSPS) is 22.3. The summed E-state index contributed by atoms with van der Waals surface area (Å²) in [5.41, 5.74) is 0. The Labute approximate surface area is 83.9 Å². The molecular weight excluding hydrogens is 178 g/mol. The van der Waals surface area contributed by atoms with Gasteiger partial charge in [0.1, 0.15) is 5.82 Å². The minimum atomic E-state index is 0.517. The minimum absolute atomic E-state index is 0.517. The Hall–Kier alpha value is -1.10. The van der Waals surface area contributed by atoms with E-state index in [2.05, 4.69) is 20.8 Å². The molecule has 0 saturated carbocycles. The van der Waals surface area contributed by atoms with Crippen molar-refractivity contribution >= 4 is 5.95 Å². The predicted molar refractivity (Wildman–Crippen MR) is 55.4 cm³/mol. The van der Waals surface area contributed by atoms with E-state index in [-0.39, 0.29) is 0 Å². The molecule has 14 heavy (non-hydrogen) atoms. The Morgan fingerprint density at radius 2 is 2.36 bits per heavy atom. The van der Waals surface area contributed by atoms with Crippen molar-refractivity contribution in [3.05, 3.63) is 5.82 Å². The highest BCUT2D eigenvalue weighted by Crippen LogP contribution is 2.22. The smallest absolute Gasteiger partial charge is 0.224 e. The van der Waals surface area contributed by atoms with Gasteiger partial charge in [-0.05, 0) is 19.4 Å². The molecule has 1 aliphatic heterocycles. The number of piperidine rings is 1. The monoisotopic (exact) mass is 195 g/mol. The lowest BCUT2D eigenvalue weighted by molar-refractivity contribution is 0.438. The first-order valence-electron chi connectivity index (χ1n) is 5.10. The van der Waals surface area contributed by atoms with Gasteiger partial charge in [-0.15, -0.1) is 10.2 Å². The Bertz CT molecular complexity index is 300. The predicted octanol–water partition coefficient (Wildman–Crippen LogP) is 0.324. The van der Waals surface area contributed by atoms with Crippen LogP contribution in [-0.2, 0) is 7.05 Å². The Morgan fingerprint density at radius 3 is 2.93 bits per heavy atom. The van der Waals surface area contributed by atoms with Gasteiger partial charge in [0.25, 0.3) is 0 Å². The fourth-order valence-corrected chi connectivity index (χ4v) is 1.99. The van der Waals surface area contributed by atoms with Gasteiger partial charge >= 0.3 is 0 Å². The second-order valence-electron chi connectivity index (χ2n) is 3.73. The molecule has 2 N–H and O–H groups in total. The van der Waals surface area contributed by atoms with E-state index in [4.69, 9.17) is 0 Å². The van der Waals surface area contributed by atoms with E-state index in [1.165, 1.54) is 12.8 Å². The summed E-state index contributed by atoms with van der Waals surface area (Å²) in [5, 5.41) is 14.7. The fraction of sp³-hybridized carbons (Fsp3) is 0.778. The van der Waals surface area contributed by atoms with E-state index in [9.17, 15) is 0 Å². The molecule has 0 radical (unpaired) electrons. The third-order valence-electron chi connectivity index (χ3n) is 2.79. The molecule has 5 heteroatoms. The molecule has 1 aromatic rings. The van der Waals surface area contributed by atoms with Crippen LogP contribution in [0.1, 0.15) is 24.6 Å². The van der Waals surface area contributed by atoms with Gasteiger partial charge in [0.05, 0.1) is 0 Å². The average molecular weight is 195 g/mol. The van der Waals surface area contributed by atoms with E-state index in [0.29, 0.717) is 5.92 Å². The van der Waals surface area contributed by atoms with Crippen LogP contribution in [0.5, 0.6) is 0 Å². The summed E-state index contributed by atoms with van der Waals surface area (Å²) in [6.07, 6.45) is 2.44. The third-order valence-corrected chi connectivity index (χ3v) is 2.79. The topological polar surface area (TPSA) is 54.8 Å². The largest absolute Gasteiger partial charge is 0.357 e. The number of nitrogens with zero attached hydrogens (tertiary/aromatic N) is 3. The van der Waals surface area contributed by atoms with Crippen LogP contribution in [0.2, 0.25) is 0 Å². The van der Waals surface area contributed by atoms with Crippen LogP contribution < -0.4 is 10.6 Å². The Kier molecular flexibility index (Phi) is 2.67. The van der Waals surface area contributed by atoms with Crippen LogP contribution in [0.15, 0.2) is 0 Å². The zero-order chi connectivity index (χ0) is 9.97. The van der Waals surface area contributed by atoms with Gasteiger partial charge < -0.3 is 15.2 Å². The van der Waals surface area contributed by atoms with Crippen LogP contribution in [-0.4, -0.2) is 34.9 Å². The number of nitrogens with one attached hydrogen (secondary N) is 2. The molecule has 1 aromatic heterocycles. The first kappa shape index (κ1) is 9.45. The van der Waals surface area contributed by atoms with Crippen molar-refractivity contribution in [1.82, 2.24) is 20.1 Å². The second-order valence-corrected chi connectivity index (χ2v) is 3.73. The van der Waals surface area contributed by atoms with E-state index in [1.54, 1.807) is 0 Å². The lowest BCUT2D eigenvalue weighted by Crippen LogP contribution is -2.29. The molecule has 78 valence electrons. The maximum atomic E-state index is 4.22. The summed E-state index contributed by atoms with van der Waals surface area (Å²) >= 11 is 0. The number of hydrogen-bond donors (Lipinski definition) is 2. The standard InChI is InChI=1S/C9H17N5/c1-10-9-13-12-8(14(9)2)7-4-3-5-11-6-7/h7,11H,3-6H2,1-2H3,(H,10,13)/t7-/m1/s1. The van der Waals surface area contributed by atoms with Crippen molar-refractivity contribution in [1.29, 1.82) is 0 Å². The van der Waals surface area contributed by atoms with E-state index in [1.807, 2.05) is 18.7 Å². The number of anilines is 1. The molecule has 5 nitrogen and oxygen atoms in total. The summed E-state index contributed by atoms with van der Waals surface area (Å²) in [6, 6.07) is 0. The van der Waals surface area contributed by atoms with Gasteiger partial charge in [-0.2, -0.15) is 0 Å². The zero-order valence-corrected chi connectivity index (χ0v) is 8.75. The molecule has 1 saturated heterocycles. The molecule has 0 aromatic carbocycles. The summed E-state index contributed by atoms with van der Waals surface area (Å²) in [5.74, 6) is 2.44. The number of rotatable bonds is 2. The van der Waals surface area contributed by atoms with Crippen molar-refractivity contribution < 1.29 is 0 Å². The summed E-state index contributed by atoms with van der Waals surface area (Å²) in [4.78, 5) is 0. The van der Waals surface area contributed by atoms with Crippen LogP contribution >= 0.6 is 0 Å². The maximum Gasteiger partial charge on any atom is 0.224 e. The van der Waals surface area contributed by atoms with Crippen LogP contribution in [0.25, 0.3) is 0 Å². The molecule has 2 heterocycles. The lowest BCUT2D eigenvalue weighted by atomic mass is 9.99. The average Bonchev–Trinajstić information content (AvgIpc) is 2.61. The fourth-order valence-electron chi connectivity index (χ4n) is 1.99. The molecule has 2 rings (SSSR count). The Balaban J connectivity index is 2.18. The van der Waals surface area contributed by atoms with Crippen molar-refractivity contribution in [3.8, 4) is 0 Å². The van der Waals surface area contributed by atoms with Crippen LogP contribution in [0.3, 0.4) is 0 Å². The third kappa shape index (κ3) is 1.59. The van der Waals surface area contributed by atoms with Gasteiger partial charge in [-0.25, -0.2) is 0 Å². The van der Waals surface area contributed by atoms with Gasteiger partial charge in [0.2, 0.25) is 5.95 Å². The van der Waals surface area contributed by atoms with Gasteiger partial charge in [-0.1, -0.05) is 0 Å². The highest BCUT2D eigenvalue weighted by molar-refractivity contribution is 5.25. The van der Waals surface area contributed by atoms with Gasteiger partial charge in [0, 0.05) is 26.6 Å². The molecule has 0 amide bonds. The first-order valence-corrected chi connectivity index (χ1v) is 5.10. The highest BCUT2D eigenvalue weighted by Gasteiger charge is 2.20. The molecule has 0 bridgehead atoms. The molecule has 0 aliphatic carbocycles. The summed E-state index contributed by atoms with van der Waals surface area (Å²) < 4.78 is 2.04. The lowest BCUT2D eigenvalue weighted by Gasteiger charge is -2.21. The van der Waals surface area contributed by atoms with Gasteiger partial charge in [0.15, 0.2) is 0 Å². The number of aromatic nitrogens is 3. The quantitative estimate of drug-likeness (QED) is 0.714. The van der Waals surface area contributed by atoms with Crippen molar-refractivity contribution in [2.24, 2.45) is 7.05 Å². The molecule has 1 fully saturated rings. The molecule has 1 atom stereocenters. The van der Waals surface area contributed by atoms with E-state index in [0.717, 1.165) is 24.9 Å². The summed E-state index contributed by atoms with van der Waals surface area (Å²) in [7, 11) is 3.88. The molecule has 0 unspecified atom stereocenters. The van der Waals surface area contributed by atoms with Crippen molar-refractivity contribution in [3.63, 3.8) is 0 Å². The van der Waals surface area contributed by atoms with E-state index >= 15 is 0 Å². The summed E-state index contributed by atoms with van der Waals surface area (Å²) in [6.45, 7) is 2.16. The van der Waals surface area contributed by atoms with Crippen molar-refractivity contribution in [2.45, 2.75) is 18.8 Å². The Morgan fingerprint density at radius 1 is 1.50 bits per heavy atom. The van der Waals surface area contributed by atoms with Crippen LogP contribution in [0, 0.1) is 0 Å². The zero-order valence-electron chi connectivity index (χ0n) is 8.75. The van der Waals surface area contributed by atoms with Gasteiger partial charge in [-0.3, -0.25) is 0 Å². The molecule has 0 spiro atoms. The second kappa shape index (κ2) is 3.96. The van der Waals surface area contributed by atoms with Crippen LogP contribution in [0.4, 0.5) is 5.95 Å².